The number of aryl methyl sites for hydroxylation is 1. The van der Waals surface area contributed by atoms with Gasteiger partial charge < -0.3 is 15.4 Å². The van der Waals surface area contributed by atoms with E-state index in [4.69, 9.17) is 4.74 Å². The van der Waals surface area contributed by atoms with Gasteiger partial charge in [0.25, 0.3) is 0 Å². The Morgan fingerprint density at radius 2 is 2.00 bits per heavy atom. The normalized spacial score (nSPS) is 15.6. The van der Waals surface area contributed by atoms with Gasteiger partial charge in [-0.25, -0.2) is 0 Å². The minimum atomic E-state index is 0.811. The lowest BCUT2D eigenvalue weighted by molar-refractivity contribution is 0.331. The lowest BCUT2D eigenvalue weighted by atomic mass is 9.98. The molecule has 0 atom stereocenters. The van der Waals surface area contributed by atoms with E-state index in [0.29, 0.717) is 0 Å². The average Bonchev–Trinajstić information content (AvgIpc) is 2.29. The summed E-state index contributed by atoms with van der Waals surface area (Å²) in [5.74, 6) is 1.84. The fraction of sp³-hybridized carbons (Fsp3) is 0.600. The molecule has 1 saturated heterocycles. The minimum Gasteiger partial charge on any atom is -0.496 e. The van der Waals surface area contributed by atoms with Gasteiger partial charge in [-0.3, -0.25) is 0 Å². The summed E-state index contributed by atoms with van der Waals surface area (Å²) in [5, 5.41) is 6.85. The molecule has 1 fully saturated rings. The Bertz CT molecular complexity index is 425. The van der Waals surface area contributed by atoms with Crippen molar-refractivity contribution < 1.29 is 4.74 Å². The highest BCUT2D eigenvalue weighted by atomic mass is 16.5. The van der Waals surface area contributed by atoms with E-state index >= 15 is 0 Å². The summed E-state index contributed by atoms with van der Waals surface area (Å²) in [6.07, 6.45) is 0. The lowest BCUT2D eigenvalue weighted by Crippen LogP contribution is -2.47. The smallest absolute Gasteiger partial charge is 0.124 e. The van der Waals surface area contributed by atoms with E-state index in [2.05, 4.69) is 37.5 Å². The highest BCUT2D eigenvalue weighted by molar-refractivity contribution is 5.48. The number of ether oxygens (including phenoxy) is 1. The summed E-state index contributed by atoms with van der Waals surface area (Å²) in [4.78, 5) is 0. The van der Waals surface area contributed by atoms with E-state index < -0.39 is 0 Å². The van der Waals surface area contributed by atoms with Crippen LogP contribution in [0.2, 0.25) is 0 Å². The van der Waals surface area contributed by atoms with E-state index in [0.717, 1.165) is 37.8 Å². The Labute approximate surface area is 110 Å². The molecule has 1 aliphatic heterocycles. The van der Waals surface area contributed by atoms with E-state index in [1.54, 1.807) is 7.11 Å². The maximum Gasteiger partial charge on any atom is 0.124 e. The summed E-state index contributed by atoms with van der Waals surface area (Å²) in [5.41, 5.74) is 5.22. The van der Waals surface area contributed by atoms with E-state index in [9.17, 15) is 0 Å². The minimum absolute atomic E-state index is 0.811. The van der Waals surface area contributed by atoms with Crippen molar-refractivity contribution in [3.63, 3.8) is 0 Å². The molecular weight excluding hydrogens is 224 g/mol. The molecule has 3 heteroatoms. The fourth-order valence-corrected chi connectivity index (χ4v) is 2.54. The topological polar surface area (TPSA) is 33.3 Å². The first kappa shape index (κ1) is 13.4. The Kier molecular flexibility index (Phi) is 4.25. The summed E-state index contributed by atoms with van der Waals surface area (Å²) in [6.45, 7) is 10.8. The van der Waals surface area contributed by atoms with Gasteiger partial charge in [0, 0.05) is 26.2 Å². The monoisotopic (exact) mass is 248 g/mol. The third-order valence-electron chi connectivity index (χ3n) is 3.95. The molecule has 100 valence electrons. The predicted octanol–water partition coefficient (Wildman–Crippen LogP) is 1.93. The third kappa shape index (κ3) is 2.68. The number of rotatable bonds is 5. The zero-order valence-electron chi connectivity index (χ0n) is 11.9. The molecule has 0 amide bonds. The van der Waals surface area contributed by atoms with Crippen molar-refractivity contribution in [1.29, 1.82) is 0 Å². The second-order valence-corrected chi connectivity index (χ2v) is 5.29. The molecule has 18 heavy (non-hydrogen) atoms. The number of nitrogens with one attached hydrogen (secondary N) is 2. The lowest BCUT2D eigenvalue weighted by Gasteiger charge is -2.27. The average molecular weight is 248 g/mol. The van der Waals surface area contributed by atoms with Gasteiger partial charge in [0.05, 0.1) is 7.11 Å². The molecule has 0 unspecified atom stereocenters. The van der Waals surface area contributed by atoms with Gasteiger partial charge in [0.1, 0.15) is 5.75 Å². The largest absolute Gasteiger partial charge is 0.496 e. The summed E-state index contributed by atoms with van der Waals surface area (Å²) in [7, 11) is 1.75. The van der Waals surface area contributed by atoms with Gasteiger partial charge in [0.2, 0.25) is 0 Å². The van der Waals surface area contributed by atoms with Gasteiger partial charge in [-0.05, 0) is 48.9 Å². The van der Waals surface area contributed by atoms with Crippen molar-refractivity contribution in [2.75, 3.05) is 26.7 Å². The van der Waals surface area contributed by atoms with Gasteiger partial charge >= 0.3 is 0 Å². The molecule has 1 heterocycles. The van der Waals surface area contributed by atoms with Crippen LogP contribution in [0.15, 0.2) is 6.07 Å². The molecule has 1 aliphatic rings. The van der Waals surface area contributed by atoms with Crippen molar-refractivity contribution in [3.8, 4) is 5.75 Å². The molecule has 2 rings (SSSR count). The summed E-state index contributed by atoms with van der Waals surface area (Å²) >= 11 is 0. The van der Waals surface area contributed by atoms with Crippen molar-refractivity contribution in [3.05, 3.63) is 28.3 Å². The van der Waals surface area contributed by atoms with Crippen molar-refractivity contribution in [1.82, 2.24) is 10.6 Å². The van der Waals surface area contributed by atoms with Crippen LogP contribution in [0.5, 0.6) is 5.75 Å². The van der Waals surface area contributed by atoms with Crippen LogP contribution in [0.3, 0.4) is 0 Å². The number of benzene rings is 1. The molecule has 1 aromatic rings. The van der Waals surface area contributed by atoms with Crippen LogP contribution in [0.4, 0.5) is 0 Å². The Hall–Kier alpha value is -1.06. The molecule has 2 N–H and O–H groups in total. The summed E-state index contributed by atoms with van der Waals surface area (Å²) < 4.78 is 5.45. The Morgan fingerprint density at radius 3 is 2.56 bits per heavy atom. The van der Waals surface area contributed by atoms with Crippen LogP contribution >= 0.6 is 0 Å². The Morgan fingerprint density at radius 1 is 1.28 bits per heavy atom. The Balaban J connectivity index is 2.03. The molecule has 0 aromatic heterocycles. The van der Waals surface area contributed by atoms with Gasteiger partial charge in [-0.2, -0.15) is 0 Å². The predicted molar refractivity (Wildman–Crippen MR) is 75.3 cm³/mol. The zero-order valence-corrected chi connectivity index (χ0v) is 11.9. The standard InChI is InChI=1S/C15H24N2O/c1-10-5-14(9-17-8-13-6-16-7-13)11(2)12(3)15(10)18-4/h5,13,16-17H,6-9H2,1-4H3. The highest BCUT2D eigenvalue weighted by Gasteiger charge is 2.16. The zero-order chi connectivity index (χ0) is 13.1. The molecule has 0 bridgehead atoms. The van der Waals surface area contributed by atoms with Crippen molar-refractivity contribution >= 4 is 0 Å². The maximum atomic E-state index is 5.45. The van der Waals surface area contributed by atoms with Crippen LogP contribution in [-0.4, -0.2) is 26.7 Å². The second-order valence-electron chi connectivity index (χ2n) is 5.29. The van der Waals surface area contributed by atoms with Crippen LogP contribution in [0.1, 0.15) is 22.3 Å². The second kappa shape index (κ2) is 5.72. The van der Waals surface area contributed by atoms with Crippen LogP contribution in [0.25, 0.3) is 0 Å². The highest BCUT2D eigenvalue weighted by Crippen LogP contribution is 2.28. The van der Waals surface area contributed by atoms with Gasteiger partial charge in [0.15, 0.2) is 0 Å². The van der Waals surface area contributed by atoms with E-state index in [1.807, 2.05) is 0 Å². The number of hydrogen-bond donors (Lipinski definition) is 2. The van der Waals surface area contributed by atoms with Gasteiger partial charge in [-0.15, -0.1) is 0 Å². The third-order valence-corrected chi connectivity index (χ3v) is 3.95. The number of hydrogen-bond acceptors (Lipinski definition) is 3. The molecule has 0 aliphatic carbocycles. The maximum absolute atomic E-state index is 5.45. The SMILES string of the molecule is COc1c(C)cc(CNCC2CNC2)c(C)c1C. The first-order valence-electron chi connectivity index (χ1n) is 6.68. The van der Waals surface area contributed by atoms with Crippen molar-refractivity contribution in [2.24, 2.45) is 5.92 Å². The molecule has 3 nitrogen and oxygen atoms in total. The molecule has 1 aromatic carbocycles. The van der Waals surface area contributed by atoms with Crippen LogP contribution in [-0.2, 0) is 6.54 Å². The first-order valence-corrected chi connectivity index (χ1v) is 6.68. The molecular formula is C15H24N2O. The van der Waals surface area contributed by atoms with Crippen LogP contribution in [0, 0.1) is 26.7 Å². The fourth-order valence-electron chi connectivity index (χ4n) is 2.54. The number of methoxy groups -OCH3 is 1. The summed E-state index contributed by atoms with van der Waals surface area (Å²) in [6, 6.07) is 2.24. The van der Waals surface area contributed by atoms with Gasteiger partial charge in [-0.1, -0.05) is 6.07 Å². The quantitative estimate of drug-likeness (QED) is 0.835. The van der Waals surface area contributed by atoms with Crippen LogP contribution < -0.4 is 15.4 Å². The van der Waals surface area contributed by atoms with E-state index in [-0.39, 0.29) is 0 Å². The molecule has 0 saturated carbocycles. The van der Waals surface area contributed by atoms with Crippen molar-refractivity contribution in [2.45, 2.75) is 27.3 Å². The molecule has 0 radical (unpaired) electrons. The first-order chi connectivity index (χ1) is 8.63. The molecule has 0 spiro atoms. The van der Waals surface area contributed by atoms with E-state index in [1.165, 1.54) is 22.3 Å².